The first kappa shape index (κ1) is 16.3. The van der Waals surface area contributed by atoms with E-state index in [9.17, 15) is 9.59 Å². The summed E-state index contributed by atoms with van der Waals surface area (Å²) < 4.78 is 1.34. The summed E-state index contributed by atoms with van der Waals surface area (Å²) in [4.78, 5) is 23.6. The molecule has 5 heteroatoms. The molecule has 20 heavy (non-hydrogen) atoms. The van der Waals surface area contributed by atoms with Crippen LogP contribution in [-0.2, 0) is 11.3 Å². The fraction of sp³-hybridized carbons (Fsp3) is 0.600. The first-order valence-corrected chi connectivity index (χ1v) is 7.32. The molecule has 1 amide bonds. The summed E-state index contributed by atoms with van der Waals surface area (Å²) in [6.07, 6.45) is 6.71. The van der Waals surface area contributed by atoms with Crippen LogP contribution in [0.4, 0.5) is 5.69 Å². The molecule has 0 saturated carbocycles. The van der Waals surface area contributed by atoms with Crippen LogP contribution in [0, 0.1) is 0 Å². The van der Waals surface area contributed by atoms with Gasteiger partial charge in [-0.3, -0.25) is 9.59 Å². The number of nitrogens with one attached hydrogen (secondary N) is 1. The Balaban J connectivity index is 2.60. The van der Waals surface area contributed by atoms with Gasteiger partial charge in [-0.1, -0.05) is 33.1 Å². The van der Waals surface area contributed by atoms with E-state index in [1.54, 1.807) is 0 Å². The molecule has 1 atom stereocenters. The van der Waals surface area contributed by atoms with Crippen molar-refractivity contribution in [3.8, 4) is 0 Å². The summed E-state index contributed by atoms with van der Waals surface area (Å²) >= 11 is 0. The maximum atomic E-state index is 12.0. The molecule has 0 radical (unpaired) electrons. The first-order chi connectivity index (χ1) is 9.56. The van der Waals surface area contributed by atoms with E-state index in [0.29, 0.717) is 5.69 Å². The largest absolute Gasteiger partial charge is 0.398 e. The molecule has 1 rings (SSSR count). The number of pyridine rings is 1. The fourth-order valence-electron chi connectivity index (χ4n) is 2.19. The minimum atomic E-state index is -0.213. The van der Waals surface area contributed by atoms with Gasteiger partial charge in [0.2, 0.25) is 5.91 Å². The summed E-state index contributed by atoms with van der Waals surface area (Å²) in [5.41, 5.74) is 5.89. The Kier molecular flexibility index (Phi) is 6.84. The molecule has 1 aromatic heterocycles. The van der Waals surface area contributed by atoms with Crippen LogP contribution in [0.15, 0.2) is 23.1 Å². The van der Waals surface area contributed by atoms with Crippen molar-refractivity contribution in [1.82, 2.24) is 9.88 Å². The van der Waals surface area contributed by atoms with Gasteiger partial charge in [-0.25, -0.2) is 0 Å². The van der Waals surface area contributed by atoms with Crippen LogP contribution in [0.3, 0.4) is 0 Å². The van der Waals surface area contributed by atoms with E-state index in [2.05, 4.69) is 19.2 Å². The number of nitrogens with zero attached hydrogens (tertiary/aromatic N) is 1. The molecule has 0 aliphatic carbocycles. The summed E-state index contributed by atoms with van der Waals surface area (Å²) in [5, 5.41) is 3.01. The van der Waals surface area contributed by atoms with E-state index in [1.165, 1.54) is 22.9 Å². The van der Waals surface area contributed by atoms with E-state index in [0.717, 1.165) is 32.1 Å². The van der Waals surface area contributed by atoms with Gasteiger partial charge in [-0.15, -0.1) is 0 Å². The quantitative estimate of drug-likeness (QED) is 0.763. The van der Waals surface area contributed by atoms with Crippen LogP contribution < -0.4 is 16.6 Å². The first-order valence-electron chi connectivity index (χ1n) is 7.32. The predicted octanol–water partition coefficient (Wildman–Crippen LogP) is 1.91. The van der Waals surface area contributed by atoms with Gasteiger partial charge in [0, 0.05) is 24.0 Å². The van der Waals surface area contributed by atoms with Crippen LogP contribution in [0.2, 0.25) is 0 Å². The van der Waals surface area contributed by atoms with Gasteiger partial charge >= 0.3 is 0 Å². The van der Waals surface area contributed by atoms with Crippen LogP contribution >= 0.6 is 0 Å². The van der Waals surface area contributed by atoms with Crippen molar-refractivity contribution in [1.29, 1.82) is 0 Å². The maximum absolute atomic E-state index is 12.0. The maximum Gasteiger partial charge on any atom is 0.251 e. The average molecular weight is 279 g/mol. The van der Waals surface area contributed by atoms with Crippen LogP contribution in [0.5, 0.6) is 0 Å². The lowest BCUT2D eigenvalue weighted by molar-refractivity contribution is -0.122. The smallest absolute Gasteiger partial charge is 0.251 e. The van der Waals surface area contributed by atoms with Crippen molar-refractivity contribution < 1.29 is 4.79 Å². The normalized spacial score (nSPS) is 12.1. The van der Waals surface area contributed by atoms with E-state index in [1.807, 2.05) is 0 Å². The van der Waals surface area contributed by atoms with E-state index < -0.39 is 0 Å². The second-order valence-electron chi connectivity index (χ2n) is 5.12. The van der Waals surface area contributed by atoms with Gasteiger partial charge < -0.3 is 15.6 Å². The lowest BCUT2D eigenvalue weighted by Gasteiger charge is -2.18. The zero-order valence-corrected chi connectivity index (χ0v) is 12.4. The van der Waals surface area contributed by atoms with E-state index >= 15 is 0 Å². The Hall–Kier alpha value is -1.78. The number of anilines is 1. The molecule has 5 nitrogen and oxygen atoms in total. The van der Waals surface area contributed by atoms with Gasteiger partial charge in [-0.05, 0) is 18.9 Å². The molecule has 3 N–H and O–H groups in total. The topological polar surface area (TPSA) is 77.1 Å². The van der Waals surface area contributed by atoms with Crippen LogP contribution in [-0.4, -0.2) is 16.5 Å². The Bertz CT molecular complexity index is 482. The number of rotatable bonds is 8. The summed E-state index contributed by atoms with van der Waals surface area (Å²) in [5.74, 6) is -0.132. The predicted molar refractivity (Wildman–Crippen MR) is 81.5 cm³/mol. The van der Waals surface area contributed by atoms with Crippen molar-refractivity contribution in [2.24, 2.45) is 0 Å². The molecular formula is C15H25N3O2. The highest BCUT2D eigenvalue weighted by Crippen LogP contribution is 2.07. The highest BCUT2D eigenvalue weighted by atomic mass is 16.2. The highest BCUT2D eigenvalue weighted by molar-refractivity contribution is 5.76. The van der Waals surface area contributed by atoms with Crippen molar-refractivity contribution in [3.63, 3.8) is 0 Å². The molecule has 0 aromatic carbocycles. The second kappa shape index (κ2) is 8.40. The van der Waals surface area contributed by atoms with Gasteiger partial charge in [0.1, 0.15) is 6.54 Å². The Morgan fingerprint density at radius 2 is 2.05 bits per heavy atom. The van der Waals surface area contributed by atoms with Crippen molar-refractivity contribution in [2.75, 3.05) is 5.73 Å². The SMILES string of the molecule is CCCCC(CCC)NC(=O)Cn1cc(N)ccc1=O. The number of nitrogen functional groups attached to an aromatic ring is 1. The number of unbranched alkanes of at least 4 members (excludes halogenated alkanes) is 1. The third kappa shape index (κ3) is 5.47. The molecule has 1 aromatic rings. The minimum absolute atomic E-state index is 0.0240. The molecule has 0 aliphatic heterocycles. The second-order valence-corrected chi connectivity index (χ2v) is 5.12. The number of amides is 1. The Morgan fingerprint density at radius 3 is 2.70 bits per heavy atom. The molecule has 1 heterocycles. The lowest BCUT2D eigenvalue weighted by Crippen LogP contribution is -2.38. The molecule has 112 valence electrons. The molecule has 1 unspecified atom stereocenters. The third-order valence-corrected chi connectivity index (χ3v) is 3.23. The van der Waals surface area contributed by atoms with E-state index in [-0.39, 0.29) is 24.1 Å². The van der Waals surface area contributed by atoms with Crippen molar-refractivity contribution in [2.45, 2.75) is 58.5 Å². The molecule has 0 bridgehead atoms. The van der Waals surface area contributed by atoms with Gasteiger partial charge in [0.05, 0.1) is 0 Å². The van der Waals surface area contributed by atoms with Crippen molar-refractivity contribution in [3.05, 3.63) is 28.7 Å². The average Bonchev–Trinajstić information content (AvgIpc) is 2.40. The molecule has 0 fully saturated rings. The minimum Gasteiger partial charge on any atom is -0.398 e. The lowest BCUT2D eigenvalue weighted by atomic mass is 10.1. The van der Waals surface area contributed by atoms with Crippen LogP contribution in [0.1, 0.15) is 46.0 Å². The number of carbonyl (C=O) groups is 1. The van der Waals surface area contributed by atoms with Gasteiger partial charge in [0.25, 0.3) is 5.56 Å². The molecule has 0 aliphatic rings. The number of aromatic nitrogens is 1. The number of hydrogen-bond donors (Lipinski definition) is 2. The van der Waals surface area contributed by atoms with E-state index in [4.69, 9.17) is 5.73 Å². The Labute approximate surface area is 120 Å². The summed E-state index contributed by atoms with van der Waals surface area (Å²) in [6.45, 7) is 4.26. The number of carbonyl (C=O) groups excluding carboxylic acids is 1. The van der Waals surface area contributed by atoms with Crippen LogP contribution in [0.25, 0.3) is 0 Å². The number of nitrogens with two attached hydrogens (primary N) is 1. The highest BCUT2D eigenvalue weighted by Gasteiger charge is 2.12. The molecule has 0 spiro atoms. The fourth-order valence-corrected chi connectivity index (χ4v) is 2.19. The number of hydrogen-bond acceptors (Lipinski definition) is 3. The van der Waals surface area contributed by atoms with Crippen molar-refractivity contribution >= 4 is 11.6 Å². The Morgan fingerprint density at radius 1 is 1.30 bits per heavy atom. The molecular weight excluding hydrogens is 254 g/mol. The monoisotopic (exact) mass is 279 g/mol. The zero-order chi connectivity index (χ0) is 15.0. The summed E-state index contributed by atoms with van der Waals surface area (Å²) in [6, 6.07) is 3.12. The molecule has 0 saturated heterocycles. The zero-order valence-electron chi connectivity index (χ0n) is 12.4. The van der Waals surface area contributed by atoms with Gasteiger partial charge in [-0.2, -0.15) is 0 Å². The summed E-state index contributed by atoms with van der Waals surface area (Å²) in [7, 11) is 0. The standard InChI is InChI=1S/C15H25N3O2/c1-3-5-7-13(6-4-2)17-14(19)11-18-10-12(16)8-9-15(18)20/h8-10,13H,3-7,11,16H2,1-2H3,(H,17,19). The van der Waals surface area contributed by atoms with Gasteiger partial charge in [0.15, 0.2) is 0 Å². The third-order valence-electron chi connectivity index (χ3n) is 3.23.